The highest BCUT2D eigenvalue weighted by Crippen LogP contribution is 2.05. The molecule has 0 unspecified atom stereocenters. The summed E-state index contributed by atoms with van der Waals surface area (Å²) in [4.78, 5) is 14.2. The first-order valence-corrected chi connectivity index (χ1v) is 4.27. The Morgan fingerprint density at radius 1 is 1.14 bits per heavy atom. The molecule has 0 saturated heterocycles. The molecule has 83 valence electrons. The van der Waals surface area contributed by atoms with Crippen LogP contribution in [0.1, 0.15) is 0 Å². The van der Waals surface area contributed by atoms with E-state index in [1.807, 2.05) is 30.3 Å². The topological polar surface area (TPSA) is 66.8 Å². The Balaban J connectivity index is -0.000000180. The molecule has 1 radical (unpaired) electrons. The number of rotatable bonds is 1. The van der Waals surface area contributed by atoms with Gasteiger partial charge in [-0.05, 0) is 12.1 Å². The molecule has 0 atom stereocenters. The fourth-order valence-electron chi connectivity index (χ4n) is 0.557. The van der Waals surface area contributed by atoms with Crippen molar-refractivity contribution in [3.63, 3.8) is 0 Å². The zero-order chi connectivity index (χ0) is 9.40. The third-order valence-corrected chi connectivity index (χ3v) is 0.979. The Bertz CT molecular complexity index is 228. The molecule has 0 aliphatic rings. The van der Waals surface area contributed by atoms with Crippen LogP contribution >= 0.6 is 33.1 Å². The van der Waals surface area contributed by atoms with Crippen LogP contribution in [0, 0.1) is 0 Å². The van der Waals surface area contributed by atoms with E-state index in [-0.39, 0.29) is 24.8 Å². The Kier molecular flexibility index (Phi) is 17.3. The molecule has 0 spiro atoms. The second-order valence-corrected chi connectivity index (χ2v) is 2.28. The van der Waals surface area contributed by atoms with Gasteiger partial charge in [0, 0.05) is 0 Å². The molecule has 0 aliphatic carbocycles. The summed E-state index contributed by atoms with van der Waals surface area (Å²) in [6.45, 7) is 0. The summed E-state index contributed by atoms with van der Waals surface area (Å²) in [5.74, 6) is 0.910. The van der Waals surface area contributed by atoms with Crippen molar-refractivity contribution >= 4 is 33.1 Å². The van der Waals surface area contributed by atoms with Crippen LogP contribution in [0.5, 0.6) is 5.75 Å². The minimum Gasteiger partial charge on any atom is -0.497 e. The van der Waals surface area contributed by atoms with Gasteiger partial charge in [0.05, 0.1) is 7.11 Å². The normalized spacial score (nSPS) is 6.79. The Labute approximate surface area is 95.7 Å². The molecular weight excluding hydrogens is 250 g/mol. The summed E-state index contributed by atoms with van der Waals surface area (Å²) in [5, 5.41) is 0. The maximum absolute atomic E-state index is 8.70. The summed E-state index contributed by atoms with van der Waals surface area (Å²) in [6, 6.07) is 9.68. The van der Waals surface area contributed by atoms with E-state index in [0.29, 0.717) is 0 Å². The molecule has 4 nitrogen and oxygen atoms in total. The van der Waals surface area contributed by atoms with Crippen LogP contribution in [0.4, 0.5) is 0 Å². The number of benzene rings is 1. The summed E-state index contributed by atoms with van der Waals surface area (Å²) >= 11 is 0. The fourth-order valence-corrected chi connectivity index (χ4v) is 0.557. The van der Waals surface area contributed by atoms with E-state index in [2.05, 4.69) is 0 Å². The van der Waals surface area contributed by atoms with E-state index < -0.39 is 8.25 Å². The van der Waals surface area contributed by atoms with E-state index in [1.165, 1.54) is 0 Å². The second-order valence-electron chi connectivity index (χ2n) is 1.77. The van der Waals surface area contributed by atoms with Crippen molar-refractivity contribution < 1.29 is 19.1 Å². The number of ether oxygens (including phenoxy) is 1. The minimum atomic E-state index is -2.87. The molecule has 0 aromatic heterocycles. The summed E-state index contributed by atoms with van der Waals surface area (Å²) in [7, 11) is -1.21. The van der Waals surface area contributed by atoms with Gasteiger partial charge in [-0.3, -0.25) is 9.79 Å². The van der Waals surface area contributed by atoms with Gasteiger partial charge in [0.15, 0.2) is 0 Å². The van der Waals surface area contributed by atoms with Crippen LogP contribution < -0.4 is 4.74 Å². The molecule has 1 rings (SSSR count). The number of hydrogen-bond donors (Lipinski definition) is 2. The maximum Gasteiger partial charge on any atom is 0.363 e. The molecule has 14 heavy (non-hydrogen) atoms. The van der Waals surface area contributed by atoms with Crippen molar-refractivity contribution in [2.24, 2.45) is 0 Å². The number of para-hydroxylation sites is 1. The highest BCUT2D eigenvalue weighted by atomic mass is 35.5. The van der Waals surface area contributed by atoms with E-state index in [4.69, 9.17) is 19.1 Å². The van der Waals surface area contributed by atoms with Gasteiger partial charge in [-0.1, -0.05) is 18.2 Å². The lowest BCUT2D eigenvalue weighted by molar-refractivity contribution is 0.405. The molecule has 0 amide bonds. The second kappa shape index (κ2) is 12.6. The quantitative estimate of drug-likeness (QED) is 0.761. The van der Waals surface area contributed by atoms with Gasteiger partial charge in [0.1, 0.15) is 5.75 Å². The first kappa shape index (κ1) is 19.2. The molecule has 7 heteroatoms. The number of hydrogen-bond acceptors (Lipinski definition) is 2. The van der Waals surface area contributed by atoms with Crippen LogP contribution in [0.15, 0.2) is 30.3 Å². The molecule has 0 aliphatic heterocycles. The van der Waals surface area contributed by atoms with E-state index in [9.17, 15) is 0 Å². The molecule has 1 aromatic carbocycles. The van der Waals surface area contributed by atoms with Gasteiger partial charge >= 0.3 is 8.25 Å². The molecule has 0 heterocycles. The highest BCUT2D eigenvalue weighted by molar-refractivity contribution is 7.30. The van der Waals surface area contributed by atoms with Crippen LogP contribution in [0.3, 0.4) is 0 Å². The molecule has 0 fully saturated rings. The third-order valence-electron chi connectivity index (χ3n) is 0.979. The SMILES string of the molecule is COc1ccccc1.Cl.Cl.O=[P](O)O. The lowest BCUT2D eigenvalue weighted by Gasteiger charge is -1.93. The standard InChI is InChI=1S/C7H8O.2ClH.H2O3P/c1-8-7-5-3-2-4-6-7;;;1-4(2)3/h2-6H,1H3;2*1H;(H2,1,2,3). The average molecular weight is 262 g/mol. The summed E-state index contributed by atoms with van der Waals surface area (Å²) in [5.41, 5.74) is 0. The van der Waals surface area contributed by atoms with Crippen molar-refractivity contribution in [1.82, 2.24) is 0 Å². The molecule has 0 saturated carbocycles. The summed E-state index contributed by atoms with van der Waals surface area (Å²) < 4.78 is 13.6. The minimum absolute atomic E-state index is 0. The Hall–Kier alpha value is -0.380. The highest BCUT2D eigenvalue weighted by Gasteiger charge is 1.80. The molecular formula is C7H12Cl2O4P. The van der Waals surface area contributed by atoms with E-state index in [0.717, 1.165) is 5.75 Å². The Morgan fingerprint density at radius 2 is 1.50 bits per heavy atom. The van der Waals surface area contributed by atoms with E-state index >= 15 is 0 Å². The smallest absolute Gasteiger partial charge is 0.363 e. The van der Waals surface area contributed by atoms with Gasteiger partial charge in [-0.25, -0.2) is 4.57 Å². The predicted octanol–water partition coefficient (Wildman–Crippen LogP) is 2.17. The first-order chi connectivity index (χ1) is 5.66. The van der Waals surface area contributed by atoms with E-state index in [1.54, 1.807) is 7.11 Å². The van der Waals surface area contributed by atoms with Crippen molar-refractivity contribution in [3.8, 4) is 5.75 Å². The molecule has 0 bridgehead atoms. The van der Waals surface area contributed by atoms with Crippen molar-refractivity contribution in [2.45, 2.75) is 0 Å². The van der Waals surface area contributed by atoms with Gasteiger partial charge in [0.25, 0.3) is 0 Å². The molecule has 2 N–H and O–H groups in total. The van der Waals surface area contributed by atoms with Crippen LogP contribution in [0.25, 0.3) is 0 Å². The van der Waals surface area contributed by atoms with Gasteiger partial charge in [-0.15, -0.1) is 24.8 Å². The molecule has 1 aromatic rings. The summed E-state index contributed by atoms with van der Waals surface area (Å²) in [6.07, 6.45) is 0. The number of methoxy groups -OCH3 is 1. The first-order valence-electron chi connectivity index (χ1n) is 3.11. The van der Waals surface area contributed by atoms with Crippen molar-refractivity contribution in [2.75, 3.05) is 7.11 Å². The predicted molar refractivity (Wildman–Crippen MR) is 59.5 cm³/mol. The lowest BCUT2D eigenvalue weighted by atomic mass is 10.3. The van der Waals surface area contributed by atoms with Crippen LogP contribution in [-0.2, 0) is 4.57 Å². The largest absolute Gasteiger partial charge is 0.497 e. The van der Waals surface area contributed by atoms with Gasteiger partial charge < -0.3 is 4.74 Å². The zero-order valence-corrected chi connectivity index (χ0v) is 9.89. The van der Waals surface area contributed by atoms with Gasteiger partial charge in [-0.2, -0.15) is 0 Å². The third kappa shape index (κ3) is 14.2. The zero-order valence-electron chi connectivity index (χ0n) is 7.36. The van der Waals surface area contributed by atoms with Crippen LogP contribution in [0.2, 0.25) is 0 Å². The van der Waals surface area contributed by atoms with Crippen molar-refractivity contribution in [1.29, 1.82) is 0 Å². The average Bonchev–Trinajstić information content (AvgIpc) is 2.05. The number of halogens is 2. The van der Waals surface area contributed by atoms with Gasteiger partial charge in [0.2, 0.25) is 0 Å². The lowest BCUT2D eigenvalue weighted by Crippen LogP contribution is -1.78. The monoisotopic (exact) mass is 261 g/mol. The Morgan fingerprint density at radius 3 is 1.71 bits per heavy atom. The van der Waals surface area contributed by atoms with Crippen LogP contribution in [-0.4, -0.2) is 16.9 Å². The maximum atomic E-state index is 8.70. The fraction of sp³-hybridized carbons (Fsp3) is 0.143. The van der Waals surface area contributed by atoms with Crippen molar-refractivity contribution in [3.05, 3.63) is 30.3 Å².